The van der Waals surface area contributed by atoms with E-state index in [1.54, 1.807) is 58.8 Å². The highest BCUT2D eigenvalue weighted by atomic mass is 32.2. The SMILES string of the molecule is C=C/C=C\C=C(/C)C(C(=O)N(Cc1ccco1)Cc1ccc(Cc2cccc(CN(Cc3cccs3)C(=O)c3ccc(S(=O)(=O)N(C)C)cc3)c2OC)o1)c1ccccc1. The smallest absolute Gasteiger partial charge is 0.254 e. The Hall–Kier alpha value is -6.21. The summed E-state index contributed by atoms with van der Waals surface area (Å²) in [7, 11) is 0.895. The number of carbonyl (C=O) groups excluding carboxylic acids is 2. The van der Waals surface area contributed by atoms with E-state index in [-0.39, 0.29) is 36.3 Å². The Balaban J connectivity index is 1.24. The van der Waals surface area contributed by atoms with E-state index in [1.165, 1.54) is 26.2 Å². The number of sulfonamides is 1. The lowest BCUT2D eigenvalue weighted by Gasteiger charge is -2.27. The summed E-state index contributed by atoms with van der Waals surface area (Å²) in [5, 5.41) is 1.97. The maximum Gasteiger partial charge on any atom is 0.254 e. The van der Waals surface area contributed by atoms with Crippen LogP contribution in [0.2, 0.25) is 0 Å². The van der Waals surface area contributed by atoms with Gasteiger partial charge in [-0.3, -0.25) is 9.59 Å². The minimum Gasteiger partial charge on any atom is -0.496 e. The number of hydrogen-bond donors (Lipinski definition) is 0. The van der Waals surface area contributed by atoms with Gasteiger partial charge in [-0.25, -0.2) is 12.7 Å². The molecule has 310 valence electrons. The predicted molar refractivity (Wildman–Crippen MR) is 235 cm³/mol. The molecule has 2 amide bonds. The minimum absolute atomic E-state index is 0.0955. The maximum atomic E-state index is 14.6. The average Bonchev–Trinajstić information content (AvgIpc) is 4.06. The van der Waals surface area contributed by atoms with Crippen LogP contribution in [-0.2, 0) is 47.4 Å². The van der Waals surface area contributed by atoms with E-state index in [0.29, 0.717) is 41.6 Å². The molecule has 0 bridgehead atoms. The molecule has 10 nitrogen and oxygen atoms in total. The van der Waals surface area contributed by atoms with E-state index in [0.717, 1.165) is 31.4 Å². The highest BCUT2D eigenvalue weighted by molar-refractivity contribution is 7.89. The van der Waals surface area contributed by atoms with Crippen LogP contribution in [0.15, 0.2) is 171 Å². The van der Waals surface area contributed by atoms with Gasteiger partial charge in [0, 0.05) is 42.1 Å². The van der Waals surface area contributed by atoms with Gasteiger partial charge >= 0.3 is 0 Å². The maximum absolute atomic E-state index is 14.6. The molecule has 0 spiro atoms. The standard InChI is InChI=1S/C48H49N3O7S2/c1-6-7-9-15-35(2)45(36-16-10-8-11-17-36)48(53)51(32-41-20-13-28-57-41)33-42-25-24-40(58-42)30-38-18-12-19-39(46(38)56-5)31-50(34-43-21-14-29-59-43)47(52)37-22-26-44(27-23-37)60(54,55)49(3)4/h6-29,45H,1,30-34H2,2-5H3/b9-7-,35-15+. The van der Waals surface area contributed by atoms with Crippen molar-refractivity contribution < 1.29 is 31.6 Å². The monoisotopic (exact) mass is 843 g/mol. The van der Waals surface area contributed by atoms with Gasteiger partial charge in [0.05, 0.1) is 50.4 Å². The molecule has 0 fully saturated rings. The first kappa shape index (κ1) is 43.4. The van der Waals surface area contributed by atoms with E-state index >= 15 is 0 Å². The zero-order valence-corrected chi connectivity index (χ0v) is 35.8. The number of para-hydroxylation sites is 1. The molecule has 1 atom stereocenters. The van der Waals surface area contributed by atoms with Crippen LogP contribution in [0.5, 0.6) is 5.75 Å². The van der Waals surface area contributed by atoms with Crippen molar-refractivity contribution in [3.8, 4) is 5.75 Å². The Bertz CT molecular complexity index is 2520. The first-order valence-corrected chi connectivity index (χ1v) is 21.7. The lowest BCUT2D eigenvalue weighted by molar-refractivity contribution is -0.133. The average molecular weight is 844 g/mol. The van der Waals surface area contributed by atoms with Crippen LogP contribution in [0.4, 0.5) is 0 Å². The van der Waals surface area contributed by atoms with Gasteiger partial charge in [-0.1, -0.05) is 91.1 Å². The van der Waals surface area contributed by atoms with Crippen molar-refractivity contribution in [1.82, 2.24) is 14.1 Å². The number of hydrogen-bond acceptors (Lipinski definition) is 8. The number of ether oxygens (including phenoxy) is 1. The number of amides is 2. The van der Waals surface area contributed by atoms with Crippen molar-refractivity contribution in [2.75, 3.05) is 21.2 Å². The van der Waals surface area contributed by atoms with Gasteiger partial charge in [0.1, 0.15) is 23.0 Å². The number of methoxy groups -OCH3 is 1. The highest BCUT2D eigenvalue weighted by Gasteiger charge is 2.29. The van der Waals surface area contributed by atoms with Crippen LogP contribution in [0, 0.1) is 0 Å². The third-order valence-electron chi connectivity index (χ3n) is 9.95. The Morgan fingerprint density at radius 1 is 0.783 bits per heavy atom. The number of benzene rings is 3. The fraction of sp³-hybridized carbons (Fsp3) is 0.208. The molecule has 3 aromatic carbocycles. The summed E-state index contributed by atoms with van der Waals surface area (Å²) in [6, 6.07) is 32.9. The molecule has 0 aliphatic heterocycles. The molecule has 0 N–H and O–H groups in total. The van der Waals surface area contributed by atoms with Crippen molar-refractivity contribution >= 4 is 33.2 Å². The Morgan fingerprint density at radius 2 is 1.52 bits per heavy atom. The van der Waals surface area contributed by atoms with Crippen LogP contribution in [0.3, 0.4) is 0 Å². The van der Waals surface area contributed by atoms with E-state index < -0.39 is 15.9 Å². The van der Waals surface area contributed by atoms with Crippen molar-refractivity contribution in [2.24, 2.45) is 0 Å². The number of thiophene rings is 1. The van der Waals surface area contributed by atoms with Crippen LogP contribution in [0.25, 0.3) is 0 Å². The number of nitrogens with zero attached hydrogens (tertiary/aromatic N) is 3. The van der Waals surface area contributed by atoms with Crippen LogP contribution < -0.4 is 4.74 Å². The summed E-state index contributed by atoms with van der Waals surface area (Å²) in [6.07, 6.45) is 9.33. The summed E-state index contributed by atoms with van der Waals surface area (Å²) in [5.41, 5.74) is 3.78. The van der Waals surface area contributed by atoms with Gasteiger partial charge in [-0.2, -0.15) is 0 Å². The van der Waals surface area contributed by atoms with E-state index in [1.807, 2.05) is 109 Å². The molecule has 6 rings (SSSR count). The number of rotatable bonds is 19. The van der Waals surface area contributed by atoms with Gasteiger partial charge in [-0.05, 0) is 72.5 Å². The summed E-state index contributed by atoms with van der Waals surface area (Å²) in [4.78, 5) is 33.2. The molecule has 12 heteroatoms. The summed E-state index contributed by atoms with van der Waals surface area (Å²) < 4.78 is 44.6. The van der Waals surface area contributed by atoms with Crippen LogP contribution in [0.1, 0.15) is 62.0 Å². The second-order valence-electron chi connectivity index (χ2n) is 14.4. The summed E-state index contributed by atoms with van der Waals surface area (Å²) in [5.74, 6) is 1.68. The summed E-state index contributed by atoms with van der Waals surface area (Å²) in [6.45, 7) is 6.75. The first-order chi connectivity index (χ1) is 29.0. The largest absolute Gasteiger partial charge is 0.496 e. The number of furan rings is 2. The third kappa shape index (κ3) is 10.7. The highest BCUT2D eigenvalue weighted by Crippen LogP contribution is 2.32. The molecule has 3 aromatic heterocycles. The van der Waals surface area contributed by atoms with E-state index in [2.05, 4.69) is 6.58 Å². The molecular formula is C48H49N3O7S2. The lowest BCUT2D eigenvalue weighted by atomic mass is 9.90. The molecular weight excluding hydrogens is 795 g/mol. The topological polar surface area (TPSA) is 114 Å². The molecule has 6 aromatic rings. The molecule has 0 radical (unpaired) electrons. The number of allylic oxidation sites excluding steroid dienone is 4. The molecule has 3 heterocycles. The van der Waals surface area contributed by atoms with Gasteiger partial charge in [0.25, 0.3) is 5.91 Å². The molecule has 0 saturated heterocycles. The summed E-state index contributed by atoms with van der Waals surface area (Å²) >= 11 is 1.55. The molecule has 0 saturated carbocycles. The normalized spacial score (nSPS) is 12.4. The zero-order chi connectivity index (χ0) is 42.6. The Morgan fingerprint density at radius 3 is 2.18 bits per heavy atom. The quantitative estimate of drug-likeness (QED) is 0.0747. The predicted octanol–water partition coefficient (Wildman–Crippen LogP) is 9.63. The van der Waals surface area contributed by atoms with Gasteiger partial charge in [0.2, 0.25) is 15.9 Å². The van der Waals surface area contributed by atoms with Gasteiger partial charge < -0.3 is 23.4 Å². The Labute approximate surface area is 356 Å². The molecule has 60 heavy (non-hydrogen) atoms. The van der Waals surface area contributed by atoms with Crippen molar-refractivity contribution in [1.29, 1.82) is 0 Å². The first-order valence-electron chi connectivity index (χ1n) is 19.4. The van der Waals surface area contributed by atoms with Crippen molar-refractivity contribution in [3.05, 3.63) is 202 Å². The van der Waals surface area contributed by atoms with Crippen LogP contribution >= 0.6 is 11.3 Å². The Kier molecular flexibility index (Phi) is 14.6. The van der Waals surface area contributed by atoms with Gasteiger partial charge in [0.15, 0.2) is 0 Å². The minimum atomic E-state index is -3.65. The fourth-order valence-electron chi connectivity index (χ4n) is 6.91. The van der Waals surface area contributed by atoms with Crippen molar-refractivity contribution in [2.45, 2.75) is 50.3 Å². The van der Waals surface area contributed by atoms with Crippen molar-refractivity contribution in [3.63, 3.8) is 0 Å². The second kappa shape index (κ2) is 20.2. The van der Waals surface area contributed by atoms with E-state index in [9.17, 15) is 18.0 Å². The lowest BCUT2D eigenvalue weighted by Crippen LogP contribution is -2.34. The second-order valence-corrected chi connectivity index (χ2v) is 17.5. The fourth-order valence-corrected chi connectivity index (χ4v) is 8.53. The molecule has 0 aliphatic carbocycles. The third-order valence-corrected chi connectivity index (χ3v) is 12.6. The van der Waals surface area contributed by atoms with Crippen LogP contribution in [-0.4, -0.2) is 55.5 Å². The van der Waals surface area contributed by atoms with E-state index in [4.69, 9.17) is 13.6 Å². The molecule has 0 aliphatic rings. The zero-order valence-electron chi connectivity index (χ0n) is 34.2. The molecule has 1 unspecified atom stereocenters. The van der Waals surface area contributed by atoms with Gasteiger partial charge in [-0.15, -0.1) is 11.3 Å². The number of carbonyl (C=O) groups is 2.